The zero-order valence-electron chi connectivity index (χ0n) is 6.75. The van der Waals surface area contributed by atoms with Crippen molar-refractivity contribution in [3.05, 3.63) is 24.5 Å². The zero-order valence-corrected chi connectivity index (χ0v) is 6.75. The average molecular weight is 137 g/mol. The lowest BCUT2D eigenvalue weighted by atomic mass is 10.2. The van der Waals surface area contributed by atoms with Gasteiger partial charge in [-0.15, -0.1) is 0 Å². The standard InChI is InChI=1S/C9H15N/c1-3-9(4-2)10-7-5-6-8-10/h5-9H,3-4H2,1-2H3. The summed E-state index contributed by atoms with van der Waals surface area (Å²) in [6.45, 7) is 4.46. The topological polar surface area (TPSA) is 4.93 Å². The summed E-state index contributed by atoms with van der Waals surface area (Å²) >= 11 is 0. The first-order chi connectivity index (χ1) is 4.88. The summed E-state index contributed by atoms with van der Waals surface area (Å²) in [7, 11) is 0. The molecule has 10 heavy (non-hydrogen) atoms. The highest BCUT2D eigenvalue weighted by molar-refractivity contribution is 4.92. The highest BCUT2D eigenvalue weighted by Crippen LogP contribution is 2.14. The summed E-state index contributed by atoms with van der Waals surface area (Å²) in [5.41, 5.74) is 0. The van der Waals surface area contributed by atoms with Crippen LogP contribution in [0, 0.1) is 0 Å². The fourth-order valence-electron chi connectivity index (χ4n) is 1.30. The molecule has 0 amide bonds. The Hall–Kier alpha value is -0.720. The van der Waals surface area contributed by atoms with Crippen molar-refractivity contribution >= 4 is 0 Å². The van der Waals surface area contributed by atoms with Gasteiger partial charge < -0.3 is 4.57 Å². The van der Waals surface area contributed by atoms with E-state index in [2.05, 4.69) is 42.9 Å². The Kier molecular flexibility index (Phi) is 2.55. The lowest BCUT2D eigenvalue weighted by Gasteiger charge is -2.13. The maximum atomic E-state index is 2.28. The van der Waals surface area contributed by atoms with Crippen molar-refractivity contribution < 1.29 is 0 Å². The smallest absolute Gasteiger partial charge is 0.0325 e. The summed E-state index contributed by atoms with van der Waals surface area (Å²) in [6.07, 6.45) is 6.73. The van der Waals surface area contributed by atoms with Gasteiger partial charge >= 0.3 is 0 Å². The SMILES string of the molecule is CCC(CC)n1cccc1. The predicted molar refractivity (Wildman–Crippen MR) is 44.1 cm³/mol. The van der Waals surface area contributed by atoms with E-state index >= 15 is 0 Å². The number of aromatic nitrogens is 1. The molecule has 0 radical (unpaired) electrons. The molecule has 1 rings (SSSR count). The molecule has 0 spiro atoms. The number of hydrogen-bond acceptors (Lipinski definition) is 0. The van der Waals surface area contributed by atoms with E-state index in [9.17, 15) is 0 Å². The van der Waals surface area contributed by atoms with Gasteiger partial charge in [0, 0.05) is 18.4 Å². The minimum atomic E-state index is 0.704. The number of nitrogens with zero attached hydrogens (tertiary/aromatic N) is 1. The summed E-state index contributed by atoms with van der Waals surface area (Å²) in [4.78, 5) is 0. The Balaban J connectivity index is 2.64. The van der Waals surface area contributed by atoms with E-state index < -0.39 is 0 Å². The molecule has 1 nitrogen and oxygen atoms in total. The molecular formula is C9H15N. The van der Waals surface area contributed by atoms with Crippen LogP contribution in [-0.2, 0) is 0 Å². The molecule has 0 bridgehead atoms. The summed E-state index contributed by atoms with van der Waals surface area (Å²) in [5, 5.41) is 0. The Morgan fingerprint density at radius 3 is 2.00 bits per heavy atom. The van der Waals surface area contributed by atoms with Crippen LogP contribution < -0.4 is 0 Å². The van der Waals surface area contributed by atoms with E-state index in [0.717, 1.165) is 0 Å². The maximum absolute atomic E-state index is 2.28. The van der Waals surface area contributed by atoms with Gasteiger partial charge in [-0.2, -0.15) is 0 Å². The van der Waals surface area contributed by atoms with E-state index in [0.29, 0.717) is 6.04 Å². The maximum Gasteiger partial charge on any atom is 0.0325 e. The van der Waals surface area contributed by atoms with Gasteiger partial charge in [0.15, 0.2) is 0 Å². The van der Waals surface area contributed by atoms with Gasteiger partial charge in [-0.25, -0.2) is 0 Å². The van der Waals surface area contributed by atoms with Crippen molar-refractivity contribution in [1.82, 2.24) is 4.57 Å². The molecule has 1 aromatic heterocycles. The molecule has 0 saturated carbocycles. The Bertz CT molecular complexity index is 161. The van der Waals surface area contributed by atoms with Crippen LogP contribution >= 0.6 is 0 Å². The van der Waals surface area contributed by atoms with Gasteiger partial charge in [0.25, 0.3) is 0 Å². The molecular weight excluding hydrogens is 122 g/mol. The van der Waals surface area contributed by atoms with Crippen molar-refractivity contribution in [3.63, 3.8) is 0 Å². The van der Waals surface area contributed by atoms with Crippen molar-refractivity contribution in [2.24, 2.45) is 0 Å². The highest BCUT2D eigenvalue weighted by Gasteiger charge is 2.01. The normalized spacial score (nSPS) is 10.7. The van der Waals surface area contributed by atoms with E-state index in [1.807, 2.05) is 0 Å². The molecule has 0 fully saturated rings. The Morgan fingerprint density at radius 1 is 1.10 bits per heavy atom. The minimum absolute atomic E-state index is 0.704. The van der Waals surface area contributed by atoms with Crippen molar-refractivity contribution in [3.8, 4) is 0 Å². The van der Waals surface area contributed by atoms with Crippen LogP contribution in [0.4, 0.5) is 0 Å². The van der Waals surface area contributed by atoms with Gasteiger partial charge in [0.05, 0.1) is 0 Å². The van der Waals surface area contributed by atoms with E-state index in [1.54, 1.807) is 0 Å². The first-order valence-corrected chi connectivity index (χ1v) is 4.01. The fraction of sp³-hybridized carbons (Fsp3) is 0.556. The molecule has 0 aliphatic heterocycles. The van der Waals surface area contributed by atoms with Crippen LogP contribution in [0.3, 0.4) is 0 Å². The summed E-state index contributed by atoms with van der Waals surface area (Å²) in [6, 6.07) is 4.87. The predicted octanol–water partition coefficient (Wildman–Crippen LogP) is 2.85. The van der Waals surface area contributed by atoms with Crippen LogP contribution in [-0.4, -0.2) is 4.57 Å². The van der Waals surface area contributed by atoms with E-state index in [-0.39, 0.29) is 0 Å². The van der Waals surface area contributed by atoms with Crippen LogP contribution in [0.5, 0.6) is 0 Å². The van der Waals surface area contributed by atoms with Crippen LogP contribution in [0.15, 0.2) is 24.5 Å². The molecule has 0 atom stereocenters. The molecule has 0 unspecified atom stereocenters. The monoisotopic (exact) mass is 137 g/mol. The average Bonchev–Trinajstić information content (AvgIpc) is 2.43. The quantitative estimate of drug-likeness (QED) is 0.603. The first kappa shape index (κ1) is 7.39. The molecule has 1 heteroatoms. The van der Waals surface area contributed by atoms with Gasteiger partial charge in [-0.3, -0.25) is 0 Å². The third-order valence-electron chi connectivity index (χ3n) is 1.99. The first-order valence-electron chi connectivity index (χ1n) is 4.01. The molecule has 1 aromatic rings. The third-order valence-corrected chi connectivity index (χ3v) is 1.99. The Morgan fingerprint density at radius 2 is 1.60 bits per heavy atom. The second-order valence-corrected chi connectivity index (χ2v) is 2.60. The van der Waals surface area contributed by atoms with Crippen molar-refractivity contribution in [1.29, 1.82) is 0 Å². The molecule has 1 heterocycles. The summed E-state index contributed by atoms with van der Waals surface area (Å²) in [5.74, 6) is 0. The Labute approximate surface area is 62.7 Å². The summed E-state index contributed by atoms with van der Waals surface area (Å²) < 4.78 is 2.28. The lowest BCUT2D eigenvalue weighted by Crippen LogP contribution is -2.03. The number of rotatable bonds is 3. The van der Waals surface area contributed by atoms with Gasteiger partial charge in [0.2, 0.25) is 0 Å². The molecule has 0 saturated heterocycles. The molecule has 0 aromatic carbocycles. The van der Waals surface area contributed by atoms with Gasteiger partial charge in [0.1, 0.15) is 0 Å². The van der Waals surface area contributed by atoms with Gasteiger partial charge in [-0.05, 0) is 25.0 Å². The lowest BCUT2D eigenvalue weighted by molar-refractivity contribution is 0.473. The minimum Gasteiger partial charge on any atom is -0.351 e. The second-order valence-electron chi connectivity index (χ2n) is 2.60. The van der Waals surface area contributed by atoms with Gasteiger partial charge in [-0.1, -0.05) is 13.8 Å². The van der Waals surface area contributed by atoms with Crippen molar-refractivity contribution in [2.45, 2.75) is 32.7 Å². The number of hydrogen-bond donors (Lipinski definition) is 0. The fourth-order valence-corrected chi connectivity index (χ4v) is 1.30. The van der Waals surface area contributed by atoms with E-state index in [1.165, 1.54) is 12.8 Å². The zero-order chi connectivity index (χ0) is 7.40. The van der Waals surface area contributed by atoms with Crippen LogP contribution in [0.2, 0.25) is 0 Å². The second kappa shape index (κ2) is 3.45. The van der Waals surface area contributed by atoms with Crippen LogP contribution in [0.1, 0.15) is 32.7 Å². The van der Waals surface area contributed by atoms with E-state index in [4.69, 9.17) is 0 Å². The molecule has 0 aliphatic carbocycles. The molecule has 56 valence electrons. The highest BCUT2D eigenvalue weighted by atomic mass is 15.0. The third kappa shape index (κ3) is 1.41. The molecule has 0 aliphatic rings. The molecule has 0 N–H and O–H groups in total. The van der Waals surface area contributed by atoms with Crippen molar-refractivity contribution in [2.75, 3.05) is 0 Å². The largest absolute Gasteiger partial charge is 0.351 e. The van der Waals surface area contributed by atoms with Crippen LogP contribution in [0.25, 0.3) is 0 Å².